The average molecular weight is 290 g/mol. The van der Waals surface area contributed by atoms with E-state index in [2.05, 4.69) is 16.7 Å². The highest BCUT2D eigenvalue weighted by atomic mass is 16.5. The fourth-order valence-corrected chi connectivity index (χ4v) is 2.69. The van der Waals surface area contributed by atoms with Crippen molar-refractivity contribution in [3.8, 4) is 5.75 Å². The number of nitrogens with zero attached hydrogens (tertiary/aromatic N) is 2. The molecule has 0 saturated carbocycles. The van der Waals surface area contributed by atoms with Crippen LogP contribution >= 0.6 is 0 Å². The lowest BCUT2D eigenvalue weighted by Crippen LogP contribution is -2.47. The van der Waals surface area contributed by atoms with Crippen molar-refractivity contribution in [1.82, 2.24) is 9.80 Å². The predicted molar refractivity (Wildman–Crippen MR) is 85.1 cm³/mol. The predicted octanol–water partition coefficient (Wildman–Crippen LogP) is 2.30. The number of ether oxygens (including phenoxy) is 1. The first-order chi connectivity index (χ1) is 10.2. The summed E-state index contributed by atoms with van der Waals surface area (Å²) in [6, 6.07) is 7.47. The first-order valence-corrected chi connectivity index (χ1v) is 7.93. The van der Waals surface area contributed by atoms with E-state index in [0.29, 0.717) is 13.2 Å². The number of Topliss-reactive ketones (excluding diaryl/α,β-unsaturated/α-hetero) is 1. The molecule has 1 aliphatic rings. The van der Waals surface area contributed by atoms with Gasteiger partial charge in [-0.3, -0.25) is 9.69 Å². The summed E-state index contributed by atoms with van der Waals surface area (Å²) in [4.78, 5) is 17.0. The van der Waals surface area contributed by atoms with Crippen molar-refractivity contribution in [3.63, 3.8) is 0 Å². The maximum Gasteiger partial charge on any atom is 0.176 e. The van der Waals surface area contributed by atoms with Crippen LogP contribution in [0.2, 0.25) is 0 Å². The molecule has 0 aliphatic carbocycles. The summed E-state index contributed by atoms with van der Waals surface area (Å²) in [5.41, 5.74) is 0.773. The summed E-state index contributed by atoms with van der Waals surface area (Å²) in [6.45, 7) is 10.6. The van der Waals surface area contributed by atoms with Crippen molar-refractivity contribution in [3.05, 3.63) is 29.8 Å². The Kier molecular flexibility index (Phi) is 6.21. The van der Waals surface area contributed by atoms with Gasteiger partial charge in [-0.25, -0.2) is 0 Å². The van der Waals surface area contributed by atoms with E-state index in [4.69, 9.17) is 4.74 Å². The van der Waals surface area contributed by atoms with E-state index < -0.39 is 0 Å². The van der Waals surface area contributed by atoms with Crippen molar-refractivity contribution >= 4 is 5.78 Å². The molecule has 0 amide bonds. The fourth-order valence-electron chi connectivity index (χ4n) is 2.69. The molecule has 0 N–H and O–H groups in total. The van der Waals surface area contributed by atoms with Gasteiger partial charge in [0.1, 0.15) is 5.75 Å². The Balaban J connectivity index is 1.81. The van der Waals surface area contributed by atoms with Gasteiger partial charge in [0.2, 0.25) is 0 Å². The zero-order chi connectivity index (χ0) is 15.1. The summed E-state index contributed by atoms with van der Waals surface area (Å²) in [7, 11) is 0. The standard InChI is InChI=1S/C17H26N2O2/c1-3-9-18-10-12-19(13-11-18)14-17(20)15-5-7-16(8-6-15)21-4-2/h5-8H,3-4,9-14H2,1-2H3. The first kappa shape index (κ1) is 16.0. The van der Waals surface area contributed by atoms with Gasteiger partial charge in [-0.1, -0.05) is 6.92 Å². The largest absolute Gasteiger partial charge is 0.494 e. The molecule has 0 bridgehead atoms. The normalized spacial score (nSPS) is 16.9. The number of piperazine rings is 1. The van der Waals surface area contributed by atoms with Crippen LogP contribution in [-0.4, -0.2) is 61.5 Å². The van der Waals surface area contributed by atoms with Crippen LogP contribution < -0.4 is 4.74 Å². The van der Waals surface area contributed by atoms with Gasteiger partial charge in [0, 0.05) is 31.7 Å². The Labute approximate surface area is 127 Å². The SMILES string of the molecule is CCCN1CCN(CC(=O)c2ccc(OCC)cc2)CC1. The van der Waals surface area contributed by atoms with Crippen LogP contribution in [0, 0.1) is 0 Å². The van der Waals surface area contributed by atoms with Crippen LogP contribution in [0.5, 0.6) is 5.75 Å². The fraction of sp³-hybridized carbons (Fsp3) is 0.588. The minimum atomic E-state index is 0.196. The van der Waals surface area contributed by atoms with Gasteiger partial charge in [0.15, 0.2) is 5.78 Å². The maximum atomic E-state index is 12.3. The van der Waals surface area contributed by atoms with Gasteiger partial charge >= 0.3 is 0 Å². The summed E-state index contributed by atoms with van der Waals surface area (Å²) < 4.78 is 5.40. The van der Waals surface area contributed by atoms with Crippen molar-refractivity contribution in [2.24, 2.45) is 0 Å². The Bertz CT molecular complexity index is 437. The third kappa shape index (κ3) is 4.83. The third-order valence-corrected chi connectivity index (χ3v) is 3.86. The van der Waals surface area contributed by atoms with Crippen LogP contribution in [0.1, 0.15) is 30.6 Å². The van der Waals surface area contributed by atoms with Crippen LogP contribution in [-0.2, 0) is 0 Å². The van der Waals surface area contributed by atoms with Gasteiger partial charge in [0.05, 0.1) is 13.2 Å². The number of rotatable bonds is 7. The van der Waals surface area contributed by atoms with Crippen LogP contribution in [0.4, 0.5) is 0 Å². The molecule has 1 aromatic rings. The molecule has 116 valence electrons. The summed E-state index contributed by atoms with van der Waals surface area (Å²) in [5.74, 6) is 1.02. The lowest BCUT2D eigenvalue weighted by molar-refractivity contribution is 0.0853. The molecule has 4 heteroatoms. The van der Waals surface area contributed by atoms with Gasteiger partial charge in [0.25, 0.3) is 0 Å². The molecule has 2 rings (SSSR count). The lowest BCUT2D eigenvalue weighted by atomic mass is 10.1. The summed E-state index contributed by atoms with van der Waals surface area (Å²) >= 11 is 0. The molecule has 0 unspecified atom stereocenters. The van der Waals surface area contributed by atoms with Crippen molar-refractivity contribution in [2.75, 3.05) is 45.9 Å². The molecule has 0 atom stereocenters. The van der Waals surface area contributed by atoms with Crippen molar-refractivity contribution in [2.45, 2.75) is 20.3 Å². The van der Waals surface area contributed by atoms with E-state index in [1.807, 2.05) is 31.2 Å². The number of hydrogen-bond acceptors (Lipinski definition) is 4. The lowest BCUT2D eigenvalue weighted by Gasteiger charge is -2.34. The second kappa shape index (κ2) is 8.15. The molecular formula is C17H26N2O2. The minimum absolute atomic E-state index is 0.196. The first-order valence-electron chi connectivity index (χ1n) is 7.93. The molecule has 1 aromatic carbocycles. The molecule has 1 saturated heterocycles. The average Bonchev–Trinajstić information content (AvgIpc) is 2.50. The second-order valence-corrected chi connectivity index (χ2v) is 5.50. The van der Waals surface area contributed by atoms with Gasteiger partial charge in [-0.2, -0.15) is 0 Å². The van der Waals surface area contributed by atoms with E-state index in [9.17, 15) is 4.79 Å². The van der Waals surface area contributed by atoms with Crippen molar-refractivity contribution in [1.29, 1.82) is 0 Å². The molecule has 1 fully saturated rings. The smallest absolute Gasteiger partial charge is 0.176 e. The van der Waals surface area contributed by atoms with E-state index in [0.717, 1.165) is 37.5 Å². The summed E-state index contributed by atoms with van der Waals surface area (Å²) in [5, 5.41) is 0. The van der Waals surface area contributed by atoms with Crippen LogP contribution in [0.25, 0.3) is 0 Å². The molecule has 21 heavy (non-hydrogen) atoms. The minimum Gasteiger partial charge on any atom is -0.494 e. The molecular weight excluding hydrogens is 264 g/mol. The molecule has 1 heterocycles. The van der Waals surface area contributed by atoms with Crippen LogP contribution in [0.15, 0.2) is 24.3 Å². The Morgan fingerprint density at radius 1 is 1.05 bits per heavy atom. The van der Waals surface area contributed by atoms with Crippen molar-refractivity contribution < 1.29 is 9.53 Å². The Hall–Kier alpha value is -1.39. The monoisotopic (exact) mass is 290 g/mol. The highest BCUT2D eigenvalue weighted by Crippen LogP contribution is 2.13. The number of hydrogen-bond donors (Lipinski definition) is 0. The number of benzene rings is 1. The highest BCUT2D eigenvalue weighted by molar-refractivity contribution is 5.97. The summed E-state index contributed by atoms with van der Waals surface area (Å²) in [6.07, 6.45) is 1.20. The molecule has 0 radical (unpaired) electrons. The third-order valence-electron chi connectivity index (χ3n) is 3.86. The zero-order valence-electron chi connectivity index (χ0n) is 13.2. The number of carbonyl (C=O) groups is 1. The molecule has 1 aliphatic heterocycles. The highest BCUT2D eigenvalue weighted by Gasteiger charge is 2.18. The Morgan fingerprint density at radius 3 is 2.24 bits per heavy atom. The van der Waals surface area contributed by atoms with E-state index in [-0.39, 0.29) is 5.78 Å². The second-order valence-electron chi connectivity index (χ2n) is 5.50. The van der Waals surface area contributed by atoms with Gasteiger partial charge < -0.3 is 9.64 Å². The number of ketones is 1. The number of carbonyl (C=O) groups excluding carboxylic acids is 1. The van der Waals surface area contributed by atoms with Crippen LogP contribution in [0.3, 0.4) is 0 Å². The Morgan fingerprint density at radius 2 is 1.67 bits per heavy atom. The molecule has 4 nitrogen and oxygen atoms in total. The van der Waals surface area contributed by atoms with E-state index in [1.54, 1.807) is 0 Å². The topological polar surface area (TPSA) is 32.8 Å². The quantitative estimate of drug-likeness (QED) is 0.721. The molecule has 0 aromatic heterocycles. The van der Waals surface area contributed by atoms with E-state index in [1.165, 1.54) is 13.0 Å². The molecule has 0 spiro atoms. The van der Waals surface area contributed by atoms with Gasteiger partial charge in [-0.05, 0) is 44.2 Å². The van der Waals surface area contributed by atoms with Gasteiger partial charge in [-0.15, -0.1) is 0 Å². The van der Waals surface area contributed by atoms with E-state index >= 15 is 0 Å². The zero-order valence-corrected chi connectivity index (χ0v) is 13.2. The maximum absolute atomic E-state index is 12.3.